The molecular weight excluding hydrogens is 296 g/mol. The van der Waals surface area contributed by atoms with Gasteiger partial charge in [0.05, 0.1) is 11.7 Å². The van der Waals surface area contributed by atoms with Gasteiger partial charge in [-0.05, 0) is 38.0 Å². The predicted octanol–water partition coefficient (Wildman–Crippen LogP) is 3.29. The summed E-state index contributed by atoms with van der Waals surface area (Å²) >= 11 is 3.36. The minimum absolute atomic E-state index is 0.1000. The molecule has 0 amide bonds. The van der Waals surface area contributed by atoms with E-state index < -0.39 is 11.7 Å². The fourth-order valence-electron chi connectivity index (χ4n) is 1.37. The number of ether oxygens (including phenoxy) is 1. The van der Waals surface area contributed by atoms with E-state index in [1.54, 1.807) is 19.9 Å². The Morgan fingerprint density at radius 2 is 1.94 bits per heavy atom. The summed E-state index contributed by atoms with van der Waals surface area (Å²) in [4.78, 5) is 0. The SMILES string of the molecule is CC(O)c1cc(Br)ccc1OCC(C)(O)C(C)C. The topological polar surface area (TPSA) is 49.7 Å². The van der Waals surface area contributed by atoms with E-state index in [4.69, 9.17) is 4.74 Å². The zero-order valence-electron chi connectivity index (χ0n) is 11.3. The second kappa shape index (κ2) is 6.04. The lowest BCUT2D eigenvalue weighted by atomic mass is 9.94. The Morgan fingerprint density at radius 1 is 1.33 bits per heavy atom. The maximum atomic E-state index is 10.1. The lowest BCUT2D eigenvalue weighted by Crippen LogP contribution is -2.38. The molecule has 0 aromatic heterocycles. The number of benzene rings is 1. The van der Waals surface area contributed by atoms with E-state index in [1.807, 2.05) is 26.0 Å². The van der Waals surface area contributed by atoms with Crippen LogP contribution in [0.25, 0.3) is 0 Å². The molecule has 3 nitrogen and oxygen atoms in total. The molecule has 0 aliphatic carbocycles. The van der Waals surface area contributed by atoms with Gasteiger partial charge in [-0.3, -0.25) is 0 Å². The maximum Gasteiger partial charge on any atom is 0.125 e. The Bertz CT molecular complexity index is 400. The molecule has 1 rings (SSSR count). The Labute approximate surface area is 117 Å². The molecule has 0 aliphatic rings. The number of halogens is 1. The summed E-state index contributed by atoms with van der Waals surface area (Å²) in [5.74, 6) is 0.706. The second-order valence-electron chi connectivity index (χ2n) is 5.16. The number of aliphatic hydroxyl groups excluding tert-OH is 1. The van der Waals surface area contributed by atoms with E-state index in [9.17, 15) is 10.2 Å². The van der Waals surface area contributed by atoms with Crippen LogP contribution in [0.15, 0.2) is 22.7 Å². The highest BCUT2D eigenvalue weighted by molar-refractivity contribution is 9.10. The highest BCUT2D eigenvalue weighted by Gasteiger charge is 2.26. The number of aliphatic hydroxyl groups is 2. The number of hydrogen-bond acceptors (Lipinski definition) is 3. The summed E-state index contributed by atoms with van der Waals surface area (Å²) < 4.78 is 6.54. The van der Waals surface area contributed by atoms with Gasteiger partial charge in [0.1, 0.15) is 12.4 Å². The summed E-state index contributed by atoms with van der Waals surface area (Å²) in [6.07, 6.45) is -0.610. The molecule has 0 saturated carbocycles. The van der Waals surface area contributed by atoms with Crippen LogP contribution in [0, 0.1) is 5.92 Å². The van der Waals surface area contributed by atoms with E-state index >= 15 is 0 Å². The summed E-state index contributed by atoms with van der Waals surface area (Å²) in [7, 11) is 0. The van der Waals surface area contributed by atoms with Crippen molar-refractivity contribution in [2.75, 3.05) is 6.61 Å². The molecule has 102 valence electrons. The monoisotopic (exact) mass is 316 g/mol. The molecule has 4 heteroatoms. The third-order valence-corrected chi connectivity index (χ3v) is 3.68. The number of rotatable bonds is 5. The minimum atomic E-state index is -0.886. The smallest absolute Gasteiger partial charge is 0.125 e. The predicted molar refractivity (Wildman–Crippen MR) is 75.7 cm³/mol. The van der Waals surface area contributed by atoms with Gasteiger partial charge < -0.3 is 14.9 Å². The molecule has 2 N–H and O–H groups in total. The molecule has 2 unspecified atom stereocenters. The zero-order chi connectivity index (χ0) is 13.9. The van der Waals surface area contributed by atoms with Gasteiger partial charge in [0.25, 0.3) is 0 Å². The lowest BCUT2D eigenvalue weighted by Gasteiger charge is -2.28. The first-order chi connectivity index (χ1) is 8.24. The van der Waals surface area contributed by atoms with Crippen LogP contribution in [0.1, 0.15) is 39.4 Å². The van der Waals surface area contributed by atoms with Gasteiger partial charge in [0.15, 0.2) is 0 Å². The van der Waals surface area contributed by atoms with Crippen molar-refractivity contribution >= 4 is 15.9 Å². The first kappa shape index (κ1) is 15.5. The second-order valence-corrected chi connectivity index (χ2v) is 6.07. The molecule has 0 bridgehead atoms. The van der Waals surface area contributed by atoms with Crippen LogP contribution in [-0.2, 0) is 0 Å². The number of hydrogen-bond donors (Lipinski definition) is 2. The van der Waals surface area contributed by atoms with Gasteiger partial charge in [-0.2, -0.15) is 0 Å². The molecule has 0 heterocycles. The van der Waals surface area contributed by atoms with Crippen molar-refractivity contribution in [3.63, 3.8) is 0 Å². The quantitative estimate of drug-likeness (QED) is 0.876. The van der Waals surface area contributed by atoms with Crippen molar-refractivity contribution in [1.82, 2.24) is 0 Å². The minimum Gasteiger partial charge on any atom is -0.490 e. The molecular formula is C14H21BrO3. The first-order valence-corrected chi connectivity index (χ1v) is 6.86. The maximum absolute atomic E-state index is 10.1. The van der Waals surface area contributed by atoms with Crippen LogP contribution in [0.2, 0.25) is 0 Å². The fraction of sp³-hybridized carbons (Fsp3) is 0.571. The molecule has 0 aliphatic heterocycles. The Kier molecular flexibility index (Phi) is 5.20. The van der Waals surface area contributed by atoms with Crippen LogP contribution in [0.3, 0.4) is 0 Å². The van der Waals surface area contributed by atoms with Crippen molar-refractivity contribution in [3.8, 4) is 5.75 Å². The summed E-state index contributed by atoms with van der Waals surface area (Å²) in [5.41, 5.74) is -0.174. The molecule has 2 atom stereocenters. The average Bonchev–Trinajstić information content (AvgIpc) is 2.27. The molecule has 0 radical (unpaired) electrons. The van der Waals surface area contributed by atoms with Crippen molar-refractivity contribution in [2.45, 2.75) is 39.4 Å². The van der Waals surface area contributed by atoms with Gasteiger partial charge in [-0.1, -0.05) is 29.8 Å². The van der Waals surface area contributed by atoms with E-state index in [0.717, 1.165) is 4.47 Å². The van der Waals surface area contributed by atoms with Gasteiger partial charge in [-0.25, -0.2) is 0 Å². The van der Waals surface area contributed by atoms with E-state index in [-0.39, 0.29) is 12.5 Å². The van der Waals surface area contributed by atoms with Gasteiger partial charge >= 0.3 is 0 Å². The standard InChI is InChI=1S/C14H21BrO3/c1-9(2)14(4,17)8-18-13-6-5-11(15)7-12(13)10(3)16/h5-7,9-10,16-17H,8H2,1-4H3. The summed E-state index contributed by atoms with van der Waals surface area (Å²) in [5, 5.41) is 19.8. The van der Waals surface area contributed by atoms with Crippen LogP contribution in [0.5, 0.6) is 5.75 Å². The first-order valence-electron chi connectivity index (χ1n) is 6.06. The van der Waals surface area contributed by atoms with Gasteiger partial charge in [-0.15, -0.1) is 0 Å². The normalized spacial score (nSPS) is 16.4. The van der Waals surface area contributed by atoms with Crippen LogP contribution < -0.4 is 4.74 Å². The highest BCUT2D eigenvalue weighted by atomic mass is 79.9. The largest absolute Gasteiger partial charge is 0.490 e. The van der Waals surface area contributed by atoms with E-state index in [2.05, 4.69) is 15.9 Å². The van der Waals surface area contributed by atoms with E-state index in [0.29, 0.717) is 11.3 Å². The molecule has 1 aromatic rings. The van der Waals surface area contributed by atoms with Gasteiger partial charge in [0, 0.05) is 10.0 Å². The van der Waals surface area contributed by atoms with Crippen molar-refractivity contribution < 1.29 is 14.9 Å². The van der Waals surface area contributed by atoms with Crippen molar-refractivity contribution in [2.24, 2.45) is 5.92 Å². The van der Waals surface area contributed by atoms with E-state index in [1.165, 1.54) is 0 Å². The third-order valence-electron chi connectivity index (χ3n) is 3.19. The molecule has 0 fully saturated rings. The van der Waals surface area contributed by atoms with Crippen LogP contribution in [-0.4, -0.2) is 22.4 Å². The Morgan fingerprint density at radius 3 is 2.44 bits per heavy atom. The Balaban J connectivity index is 2.85. The zero-order valence-corrected chi connectivity index (χ0v) is 12.9. The van der Waals surface area contributed by atoms with Gasteiger partial charge in [0.2, 0.25) is 0 Å². The summed E-state index contributed by atoms with van der Waals surface area (Å²) in [6.45, 7) is 7.53. The fourth-order valence-corrected chi connectivity index (χ4v) is 1.75. The van der Waals surface area contributed by atoms with Crippen molar-refractivity contribution in [1.29, 1.82) is 0 Å². The Hall–Kier alpha value is -0.580. The third kappa shape index (κ3) is 3.97. The van der Waals surface area contributed by atoms with Crippen molar-refractivity contribution in [3.05, 3.63) is 28.2 Å². The molecule has 18 heavy (non-hydrogen) atoms. The highest BCUT2D eigenvalue weighted by Crippen LogP contribution is 2.29. The molecule has 0 saturated heterocycles. The van der Waals surface area contributed by atoms with Crippen LogP contribution >= 0.6 is 15.9 Å². The molecule has 1 aromatic carbocycles. The summed E-state index contributed by atoms with van der Waals surface area (Å²) in [6, 6.07) is 5.47. The average molecular weight is 317 g/mol. The van der Waals surface area contributed by atoms with Crippen LogP contribution in [0.4, 0.5) is 0 Å². The molecule has 0 spiro atoms. The lowest BCUT2D eigenvalue weighted by molar-refractivity contribution is -0.0273.